The molecule has 0 spiro atoms. The first-order valence-corrected chi connectivity index (χ1v) is 8.34. The summed E-state index contributed by atoms with van der Waals surface area (Å²) >= 11 is 5.29. The van der Waals surface area contributed by atoms with Crippen molar-refractivity contribution in [3.05, 3.63) is 27.7 Å². The van der Waals surface area contributed by atoms with Crippen LogP contribution in [0.5, 0.6) is 0 Å². The molecule has 0 bridgehead atoms. The number of aryl methyl sites for hydroxylation is 1. The highest BCUT2D eigenvalue weighted by Gasteiger charge is 2.35. The first-order chi connectivity index (χ1) is 9.69. The van der Waals surface area contributed by atoms with E-state index in [0.717, 1.165) is 33.5 Å². The summed E-state index contributed by atoms with van der Waals surface area (Å²) in [6.45, 7) is 2.27. The van der Waals surface area contributed by atoms with E-state index in [1.807, 2.05) is 13.0 Å². The predicted octanol–water partition coefficient (Wildman–Crippen LogP) is 3.48. The molecule has 1 amide bonds. The Kier molecular flexibility index (Phi) is 4.03. The zero-order valence-corrected chi connectivity index (χ0v) is 13.4. The maximum atomic E-state index is 12.0. The number of hydrogen-bond donors (Lipinski definition) is 0. The number of nitrogens with zero attached hydrogens (tertiary/aromatic N) is 1. The van der Waals surface area contributed by atoms with Crippen LogP contribution in [-0.2, 0) is 20.7 Å². The molecule has 0 fully saturated rings. The quantitative estimate of drug-likeness (QED) is 0.814. The SMILES string of the molecule is CCOC1=NC(=O)C(c2cc(Br)cc3c2SCCC3)O1. The van der Waals surface area contributed by atoms with E-state index in [1.54, 1.807) is 11.8 Å². The Balaban J connectivity index is 1.95. The average molecular weight is 356 g/mol. The molecule has 0 saturated heterocycles. The summed E-state index contributed by atoms with van der Waals surface area (Å²) in [6, 6.07) is 4.07. The lowest BCUT2D eigenvalue weighted by Crippen LogP contribution is -2.13. The zero-order valence-electron chi connectivity index (χ0n) is 11.0. The fraction of sp³-hybridized carbons (Fsp3) is 0.429. The van der Waals surface area contributed by atoms with Crippen molar-refractivity contribution >= 4 is 39.7 Å². The van der Waals surface area contributed by atoms with Crippen LogP contribution in [0.3, 0.4) is 0 Å². The van der Waals surface area contributed by atoms with Crippen molar-refractivity contribution in [3.8, 4) is 0 Å². The van der Waals surface area contributed by atoms with Crippen LogP contribution in [0.15, 0.2) is 26.5 Å². The van der Waals surface area contributed by atoms with E-state index in [4.69, 9.17) is 9.47 Å². The monoisotopic (exact) mass is 355 g/mol. The van der Waals surface area contributed by atoms with Crippen LogP contribution in [0.25, 0.3) is 0 Å². The van der Waals surface area contributed by atoms with Gasteiger partial charge in [0.15, 0.2) is 0 Å². The summed E-state index contributed by atoms with van der Waals surface area (Å²) in [6.07, 6.45) is 1.60. The van der Waals surface area contributed by atoms with Gasteiger partial charge in [-0.15, -0.1) is 16.8 Å². The van der Waals surface area contributed by atoms with Crippen molar-refractivity contribution in [1.82, 2.24) is 0 Å². The lowest BCUT2D eigenvalue weighted by molar-refractivity contribution is -0.123. The number of benzene rings is 1. The number of thioether (sulfide) groups is 1. The Labute approximate surface area is 130 Å². The second-order valence-electron chi connectivity index (χ2n) is 4.58. The van der Waals surface area contributed by atoms with Crippen molar-refractivity contribution < 1.29 is 14.3 Å². The van der Waals surface area contributed by atoms with Gasteiger partial charge in [0.1, 0.15) is 0 Å². The number of fused-ring (bicyclic) bond motifs is 1. The maximum absolute atomic E-state index is 12.0. The van der Waals surface area contributed by atoms with Gasteiger partial charge in [-0.25, -0.2) is 0 Å². The minimum absolute atomic E-state index is 0.0806. The third-order valence-corrected chi connectivity index (χ3v) is 4.93. The van der Waals surface area contributed by atoms with E-state index >= 15 is 0 Å². The van der Waals surface area contributed by atoms with Crippen molar-refractivity contribution in [2.45, 2.75) is 30.8 Å². The van der Waals surface area contributed by atoms with Gasteiger partial charge < -0.3 is 9.47 Å². The molecule has 2 heterocycles. The number of hydrogen-bond acceptors (Lipinski definition) is 4. The van der Waals surface area contributed by atoms with Gasteiger partial charge in [0.25, 0.3) is 5.91 Å². The fourth-order valence-corrected chi connectivity index (χ4v) is 4.07. The highest BCUT2D eigenvalue weighted by Crippen LogP contribution is 2.40. The van der Waals surface area contributed by atoms with E-state index < -0.39 is 6.10 Å². The summed E-state index contributed by atoms with van der Waals surface area (Å²) in [5, 5.41) is 0. The van der Waals surface area contributed by atoms with E-state index in [0.29, 0.717) is 6.61 Å². The number of carbonyl (C=O) groups excluding carboxylic acids is 1. The fourth-order valence-electron chi connectivity index (χ4n) is 2.38. The predicted molar refractivity (Wildman–Crippen MR) is 81.1 cm³/mol. The number of aliphatic imine (C=N–C) groups is 1. The number of carbonyl (C=O) groups is 1. The molecule has 1 aromatic carbocycles. The van der Waals surface area contributed by atoms with Gasteiger partial charge in [-0.3, -0.25) is 4.79 Å². The first-order valence-electron chi connectivity index (χ1n) is 6.56. The lowest BCUT2D eigenvalue weighted by Gasteiger charge is -2.21. The van der Waals surface area contributed by atoms with Gasteiger partial charge in [-0.05, 0) is 43.2 Å². The Morgan fingerprint density at radius 1 is 1.55 bits per heavy atom. The molecule has 3 rings (SSSR count). The van der Waals surface area contributed by atoms with E-state index in [1.165, 1.54) is 5.56 Å². The Morgan fingerprint density at radius 2 is 2.40 bits per heavy atom. The molecule has 0 radical (unpaired) electrons. The largest absolute Gasteiger partial charge is 0.451 e. The number of rotatable bonds is 2. The molecule has 0 aromatic heterocycles. The topological polar surface area (TPSA) is 47.9 Å². The van der Waals surface area contributed by atoms with Crippen molar-refractivity contribution in [3.63, 3.8) is 0 Å². The minimum Gasteiger partial charge on any atom is -0.451 e. The molecular formula is C14H14BrNO3S. The number of amides is 1. The van der Waals surface area contributed by atoms with Crippen LogP contribution < -0.4 is 0 Å². The molecule has 4 nitrogen and oxygen atoms in total. The lowest BCUT2D eigenvalue weighted by atomic mass is 10.0. The van der Waals surface area contributed by atoms with E-state index in [9.17, 15) is 4.79 Å². The molecule has 0 aliphatic carbocycles. The van der Waals surface area contributed by atoms with Crippen LogP contribution in [0.2, 0.25) is 0 Å². The standard InChI is InChI=1S/C14H14BrNO3S/c1-2-18-14-16-13(17)11(19-14)10-7-9(15)6-8-4-3-5-20-12(8)10/h6-7,11H,2-5H2,1H3. The second kappa shape index (κ2) is 5.77. The van der Waals surface area contributed by atoms with Gasteiger partial charge in [0.05, 0.1) is 6.61 Å². The molecule has 0 saturated carbocycles. The molecule has 2 aliphatic heterocycles. The summed E-state index contributed by atoms with van der Waals surface area (Å²) in [7, 11) is 0. The van der Waals surface area contributed by atoms with Crippen LogP contribution in [0.4, 0.5) is 0 Å². The van der Waals surface area contributed by atoms with Crippen molar-refractivity contribution in [2.24, 2.45) is 4.99 Å². The Hall–Kier alpha value is -1.01. The second-order valence-corrected chi connectivity index (χ2v) is 6.60. The average Bonchev–Trinajstić information content (AvgIpc) is 2.79. The van der Waals surface area contributed by atoms with Crippen molar-refractivity contribution in [1.29, 1.82) is 0 Å². The Morgan fingerprint density at radius 3 is 3.20 bits per heavy atom. The van der Waals surface area contributed by atoms with Gasteiger partial charge in [-0.2, -0.15) is 0 Å². The Bertz CT molecular complexity index is 588. The van der Waals surface area contributed by atoms with Gasteiger partial charge >= 0.3 is 6.08 Å². The normalized spacial score (nSPS) is 21.2. The minimum atomic E-state index is -0.673. The van der Waals surface area contributed by atoms with Crippen LogP contribution in [0, 0.1) is 0 Å². The van der Waals surface area contributed by atoms with Gasteiger partial charge in [-0.1, -0.05) is 15.9 Å². The van der Waals surface area contributed by atoms with Crippen LogP contribution >= 0.6 is 27.7 Å². The third kappa shape index (κ3) is 2.59. The molecular weight excluding hydrogens is 342 g/mol. The zero-order chi connectivity index (χ0) is 14.1. The van der Waals surface area contributed by atoms with E-state index in [-0.39, 0.29) is 12.0 Å². The highest BCUT2D eigenvalue weighted by molar-refractivity contribution is 9.10. The molecule has 20 heavy (non-hydrogen) atoms. The summed E-state index contributed by atoms with van der Waals surface area (Å²) in [5.41, 5.74) is 2.16. The molecule has 0 N–H and O–H groups in total. The first kappa shape index (κ1) is 13.9. The summed E-state index contributed by atoms with van der Waals surface area (Å²) in [5.74, 6) is 0.779. The number of halogens is 1. The number of ether oxygens (including phenoxy) is 2. The van der Waals surface area contributed by atoms with Gasteiger partial charge in [0.2, 0.25) is 6.10 Å². The molecule has 106 valence electrons. The molecule has 1 unspecified atom stereocenters. The molecule has 2 aliphatic rings. The maximum Gasteiger partial charge on any atom is 0.392 e. The highest BCUT2D eigenvalue weighted by atomic mass is 79.9. The summed E-state index contributed by atoms with van der Waals surface area (Å²) in [4.78, 5) is 17.0. The molecule has 6 heteroatoms. The smallest absolute Gasteiger partial charge is 0.392 e. The van der Waals surface area contributed by atoms with Crippen molar-refractivity contribution in [2.75, 3.05) is 12.4 Å². The van der Waals surface area contributed by atoms with Crippen LogP contribution in [-0.4, -0.2) is 24.4 Å². The van der Waals surface area contributed by atoms with Gasteiger partial charge in [0, 0.05) is 14.9 Å². The van der Waals surface area contributed by atoms with Crippen LogP contribution in [0.1, 0.15) is 30.6 Å². The third-order valence-electron chi connectivity index (χ3n) is 3.19. The molecule has 1 aromatic rings. The van der Waals surface area contributed by atoms with E-state index in [2.05, 4.69) is 27.0 Å². The summed E-state index contributed by atoms with van der Waals surface area (Å²) < 4.78 is 11.7. The molecule has 1 atom stereocenters.